The highest BCUT2D eigenvalue weighted by atomic mass is 79.9. The molecule has 0 aromatic heterocycles. The number of hydrogen-bond donors (Lipinski definition) is 1. The minimum Gasteiger partial charge on any atom is -0.486 e. The second kappa shape index (κ2) is 4.96. The number of hydrogen-bond acceptors (Lipinski definition) is 3. The monoisotopic (exact) mass is 299 g/mol. The molecule has 0 spiro atoms. The third kappa shape index (κ3) is 2.72. The molecule has 1 unspecified atom stereocenters. The van der Waals surface area contributed by atoms with Crippen LogP contribution in [0, 0.1) is 0 Å². The number of rotatable bonds is 2. The van der Waals surface area contributed by atoms with Gasteiger partial charge in [-0.3, -0.25) is 4.79 Å². The Balaban J connectivity index is 2.31. The van der Waals surface area contributed by atoms with E-state index in [-0.39, 0.29) is 11.9 Å². The summed E-state index contributed by atoms with van der Waals surface area (Å²) in [5.41, 5.74) is 0.976. The van der Waals surface area contributed by atoms with Crippen molar-refractivity contribution in [1.29, 1.82) is 0 Å². The molecule has 1 aromatic carbocycles. The first kappa shape index (κ1) is 12.2. The van der Waals surface area contributed by atoms with Gasteiger partial charge in [-0.15, -0.1) is 0 Å². The van der Waals surface area contributed by atoms with E-state index < -0.39 is 0 Å². The summed E-state index contributed by atoms with van der Waals surface area (Å²) in [4.78, 5) is 11.0. The van der Waals surface area contributed by atoms with E-state index in [2.05, 4.69) is 21.2 Å². The van der Waals surface area contributed by atoms with Crippen LogP contribution in [0.5, 0.6) is 11.5 Å². The van der Waals surface area contributed by atoms with E-state index in [0.717, 1.165) is 21.5 Å². The van der Waals surface area contributed by atoms with Crippen molar-refractivity contribution < 1.29 is 14.3 Å². The fourth-order valence-electron chi connectivity index (χ4n) is 1.79. The van der Waals surface area contributed by atoms with Crippen LogP contribution in [0.25, 0.3) is 0 Å². The Labute approximate surface area is 108 Å². The van der Waals surface area contributed by atoms with Crippen LogP contribution in [0.4, 0.5) is 0 Å². The van der Waals surface area contributed by atoms with Gasteiger partial charge in [-0.2, -0.15) is 0 Å². The zero-order valence-corrected chi connectivity index (χ0v) is 11.3. The minimum atomic E-state index is -0.0716. The molecule has 1 amide bonds. The van der Waals surface area contributed by atoms with Gasteiger partial charge >= 0.3 is 0 Å². The predicted molar refractivity (Wildman–Crippen MR) is 67.4 cm³/mol. The van der Waals surface area contributed by atoms with Gasteiger partial charge in [0.25, 0.3) is 0 Å². The number of benzene rings is 1. The highest BCUT2D eigenvalue weighted by Crippen LogP contribution is 2.37. The summed E-state index contributed by atoms with van der Waals surface area (Å²) in [5.74, 6) is 1.41. The first-order chi connectivity index (χ1) is 8.08. The third-order valence-electron chi connectivity index (χ3n) is 2.55. The average Bonchev–Trinajstić information content (AvgIpc) is 2.27. The van der Waals surface area contributed by atoms with Crippen LogP contribution in [0.3, 0.4) is 0 Å². The van der Waals surface area contributed by atoms with Gasteiger partial charge in [0.1, 0.15) is 13.2 Å². The number of amides is 1. The van der Waals surface area contributed by atoms with E-state index in [1.807, 2.05) is 19.1 Å². The summed E-state index contributed by atoms with van der Waals surface area (Å²) < 4.78 is 11.9. The lowest BCUT2D eigenvalue weighted by Crippen LogP contribution is -2.24. The van der Waals surface area contributed by atoms with E-state index >= 15 is 0 Å². The molecule has 1 heterocycles. The van der Waals surface area contributed by atoms with Gasteiger partial charge in [0, 0.05) is 11.4 Å². The average molecular weight is 300 g/mol. The maximum atomic E-state index is 11.0. The summed E-state index contributed by atoms with van der Waals surface area (Å²) in [6.45, 7) is 4.56. The number of fused-ring (bicyclic) bond motifs is 1. The second-order valence-corrected chi connectivity index (χ2v) is 4.79. The highest BCUT2D eigenvalue weighted by Gasteiger charge is 2.18. The predicted octanol–water partition coefficient (Wildman–Crippen LogP) is 2.42. The molecule has 1 aromatic rings. The van der Waals surface area contributed by atoms with E-state index in [4.69, 9.17) is 9.47 Å². The zero-order valence-electron chi connectivity index (χ0n) is 9.75. The lowest BCUT2D eigenvalue weighted by atomic mass is 10.1. The van der Waals surface area contributed by atoms with E-state index in [1.165, 1.54) is 6.92 Å². The Morgan fingerprint density at radius 2 is 1.94 bits per heavy atom. The molecule has 1 aliphatic heterocycles. The van der Waals surface area contributed by atoms with E-state index in [1.54, 1.807) is 0 Å². The standard InChI is InChI=1S/C12H14BrNO3/c1-7(14-8(2)15)9-5-11-12(6-10(9)13)17-4-3-16-11/h5-7H,3-4H2,1-2H3,(H,14,15). The van der Waals surface area contributed by atoms with Gasteiger partial charge in [0.05, 0.1) is 6.04 Å². The minimum absolute atomic E-state index is 0.0562. The molecule has 17 heavy (non-hydrogen) atoms. The maximum Gasteiger partial charge on any atom is 0.217 e. The smallest absolute Gasteiger partial charge is 0.217 e. The molecule has 0 radical (unpaired) electrons. The van der Waals surface area contributed by atoms with Crippen molar-refractivity contribution in [3.8, 4) is 11.5 Å². The molecule has 1 atom stereocenters. The van der Waals surface area contributed by atoms with Gasteiger partial charge in [-0.1, -0.05) is 15.9 Å². The molecule has 1 aliphatic rings. The lowest BCUT2D eigenvalue weighted by Gasteiger charge is -2.22. The van der Waals surface area contributed by atoms with Crippen LogP contribution in [-0.2, 0) is 4.79 Å². The Bertz CT molecular complexity index is 448. The molecule has 5 heteroatoms. The number of carbonyl (C=O) groups excluding carboxylic acids is 1. The van der Waals surface area contributed by atoms with Crippen molar-refractivity contribution in [3.05, 3.63) is 22.2 Å². The summed E-state index contributed by atoms with van der Waals surface area (Å²) in [6.07, 6.45) is 0. The molecule has 0 saturated carbocycles. The van der Waals surface area contributed by atoms with Crippen LogP contribution < -0.4 is 14.8 Å². The van der Waals surface area contributed by atoms with Gasteiger partial charge in [-0.25, -0.2) is 0 Å². The van der Waals surface area contributed by atoms with Crippen molar-refractivity contribution in [2.75, 3.05) is 13.2 Å². The normalized spacial score (nSPS) is 15.2. The second-order valence-electron chi connectivity index (χ2n) is 3.94. The zero-order chi connectivity index (χ0) is 12.4. The topological polar surface area (TPSA) is 47.6 Å². The van der Waals surface area contributed by atoms with Gasteiger partial charge < -0.3 is 14.8 Å². The van der Waals surface area contributed by atoms with Gasteiger partial charge in [-0.05, 0) is 24.6 Å². The molecule has 92 valence electrons. The molecule has 4 nitrogen and oxygen atoms in total. The quantitative estimate of drug-likeness (QED) is 0.912. The van der Waals surface area contributed by atoms with Crippen molar-refractivity contribution in [1.82, 2.24) is 5.32 Å². The Morgan fingerprint density at radius 3 is 2.53 bits per heavy atom. The molecular weight excluding hydrogens is 286 g/mol. The Morgan fingerprint density at radius 1 is 1.35 bits per heavy atom. The molecule has 0 saturated heterocycles. The van der Waals surface area contributed by atoms with Crippen molar-refractivity contribution in [2.24, 2.45) is 0 Å². The Kier molecular flexibility index (Phi) is 3.57. The van der Waals surface area contributed by atoms with Crippen LogP contribution in [0.2, 0.25) is 0 Å². The highest BCUT2D eigenvalue weighted by molar-refractivity contribution is 9.10. The summed E-state index contributed by atoms with van der Waals surface area (Å²) in [5, 5.41) is 2.84. The third-order valence-corrected chi connectivity index (χ3v) is 3.23. The lowest BCUT2D eigenvalue weighted by molar-refractivity contribution is -0.119. The summed E-state index contributed by atoms with van der Waals surface area (Å²) in [6, 6.07) is 3.71. The molecule has 0 bridgehead atoms. The van der Waals surface area contributed by atoms with E-state index in [9.17, 15) is 4.79 Å². The number of nitrogens with one attached hydrogen (secondary N) is 1. The molecule has 0 aliphatic carbocycles. The van der Waals surface area contributed by atoms with Gasteiger partial charge in [0.15, 0.2) is 11.5 Å². The molecular formula is C12H14BrNO3. The molecule has 2 rings (SSSR count). The van der Waals surface area contributed by atoms with Crippen LogP contribution in [0.1, 0.15) is 25.5 Å². The SMILES string of the molecule is CC(=O)NC(C)c1cc2c(cc1Br)OCCO2. The van der Waals surface area contributed by atoms with E-state index in [0.29, 0.717) is 13.2 Å². The van der Waals surface area contributed by atoms with Crippen LogP contribution in [0.15, 0.2) is 16.6 Å². The fraction of sp³-hybridized carbons (Fsp3) is 0.417. The first-order valence-corrected chi connectivity index (χ1v) is 6.23. The van der Waals surface area contributed by atoms with Crippen molar-refractivity contribution >= 4 is 21.8 Å². The van der Waals surface area contributed by atoms with Crippen LogP contribution in [-0.4, -0.2) is 19.1 Å². The van der Waals surface area contributed by atoms with Gasteiger partial charge in [0.2, 0.25) is 5.91 Å². The maximum absolute atomic E-state index is 11.0. The van der Waals surface area contributed by atoms with Crippen LogP contribution >= 0.6 is 15.9 Å². The Hall–Kier alpha value is -1.23. The fourth-order valence-corrected chi connectivity index (χ4v) is 2.46. The van der Waals surface area contributed by atoms with Crippen molar-refractivity contribution in [3.63, 3.8) is 0 Å². The van der Waals surface area contributed by atoms with Crippen molar-refractivity contribution in [2.45, 2.75) is 19.9 Å². The summed E-state index contributed by atoms with van der Waals surface area (Å²) in [7, 11) is 0. The summed E-state index contributed by atoms with van der Waals surface area (Å²) >= 11 is 3.48. The largest absolute Gasteiger partial charge is 0.486 e. The number of halogens is 1. The number of carbonyl (C=O) groups is 1. The molecule has 0 fully saturated rings. The first-order valence-electron chi connectivity index (χ1n) is 5.44. The molecule has 1 N–H and O–H groups in total. The number of ether oxygens (including phenoxy) is 2.